The summed E-state index contributed by atoms with van der Waals surface area (Å²) in [4.78, 5) is 0. The van der Waals surface area contributed by atoms with Crippen LogP contribution in [-0.2, 0) is 20.6 Å². The molecule has 0 aromatic heterocycles. The first-order valence-electron chi connectivity index (χ1n) is 12.6. The van der Waals surface area contributed by atoms with Crippen LogP contribution in [0.15, 0.2) is 24.3 Å². The predicted molar refractivity (Wildman–Crippen MR) is 127 cm³/mol. The van der Waals surface area contributed by atoms with Gasteiger partial charge in [0.05, 0.1) is 39.1 Å². The molecule has 1 saturated heterocycles. The highest BCUT2D eigenvalue weighted by atomic mass is 16.6. The summed E-state index contributed by atoms with van der Waals surface area (Å²) in [7, 11) is 0. The first-order chi connectivity index (χ1) is 15.4. The Hall–Kier alpha value is -1.14. The Bertz CT molecular complexity index is 517. The van der Waals surface area contributed by atoms with Crippen molar-refractivity contribution in [1.29, 1.82) is 0 Å². The van der Waals surface area contributed by atoms with Gasteiger partial charge in [-0.2, -0.15) is 0 Å². The molecule has 1 N–H and O–H groups in total. The number of unbranched alkanes of at least 4 members (excludes halogenated alkanes) is 6. The molecule has 178 valence electrons. The Labute approximate surface area is 190 Å². The summed E-state index contributed by atoms with van der Waals surface area (Å²) in [5, 5.41) is 3.34. The summed E-state index contributed by atoms with van der Waals surface area (Å²) >= 11 is 0. The van der Waals surface area contributed by atoms with Gasteiger partial charge >= 0.3 is 0 Å². The molecule has 5 nitrogen and oxygen atoms in total. The third-order valence-electron chi connectivity index (χ3n) is 5.73. The van der Waals surface area contributed by atoms with E-state index in [0.29, 0.717) is 45.7 Å². The summed E-state index contributed by atoms with van der Waals surface area (Å²) < 4.78 is 22.7. The maximum atomic E-state index is 5.80. The fourth-order valence-electron chi connectivity index (χ4n) is 3.81. The lowest BCUT2D eigenvalue weighted by molar-refractivity contribution is -0.0214. The van der Waals surface area contributed by atoms with Gasteiger partial charge in [0.2, 0.25) is 0 Å². The van der Waals surface area contributed by atoms with Gasteiger partial charge in [-0.15, -0.1) is 0 Å². The van der Waals surface area contributed by atoms with Crippen molar-refractivity contribution in [3.8, 4) is 5.75 Å². The van der Waals surface area contributed by atoms with Gasteiger partial charge in [0.15, 0.2) is 0 Å². The molecule has 2 rings (SSSR count). The SMILES string of the molecule is CCCCCCCCCc1ccc(OCCOCCOCCOC2CCNCC2)cc1. The molecule has 1 fully saturated rings. The summed E-state index contributed by atoms with van der Waals surface area (Å²) in [5.41, 5.74) is 1.40. The van der Waals surface area contributed by atoms with Crippen LogP contribution < -0.4 is 10.1 Å². The van der Waals surface area contributed by atoms with E-state index in [1.807, 2.05) is 0 Å². The van der Waals surface area contributed by atoms with Crippen molar-refractivity contribution in [2.75, 3.05) is 52.7 Å². The van der Waals surface area contributed by atoms with Crippen molar-refractivity contribution in [3.05, 3.63) is 29.8 Å². The zero-order chi connectivity index (χ0) is 21.8. The lowest BCUT2D eigenvalue weighted by atomic mass is 10.0. The van der Waals surface area contributed by atoms with Crippen molar-refractivity contribution in [2.45, 2.75) is 77.2 Å². The first kappa shape index (κ1) is 26.1. The Kier molecular flexibility index (Phi) is 15.5. The minimum atomic E-state index is 0.396. The van der Waals surface area contributed by atoms with Gasteiger partial charge in [-0.1, -0.05) is 57.6 Å². The molecule has 5 heteroatoms. The lowest BCUT2D eigenvalue weighted by Gasteiger charge is -2.22. The molecular formula is C26H45NO4. The fraction of sp³-hybridized carbons (Fsp3) is 0.769. The second-order valence-corrected chi connectivity index (χ2v) is 8.41. The largest absolute Gasteiger partial charge is 0.491 e. The van der Waals surface area contributed by atoms with Gasteiger partial charge in [0.1, 0.15) is 12.4 Å². The van der Waals surface area contributed by atoms with E-state index in [0.717, 1.165) is 31.7 Å². The Morgan fingerprint density at radius 2 is 1.35 bits per heavy atom. The van der Waals surface area contributed by atoms with Crippen LogP contribution in [0.5, 0.6) is 5.75 Å². The number of nitrogens with one attached hydrogen (secondary N) is 1. The summed E-state index contributed by atoms with van der Waals surface area (Å²) in [5.74, 6) is 0.915. The molecule has 1 aromatic rings. The average Bonchev–Trinajstić information content (AvgIpc) is 2.81. The number of benzene rings is 1. The molecular weight excluding hydrogens is 390 g/mol. The molecule has 0 bridgehead atoms. The average molecular weight is 436 g/mol. The number of ether oxygens (including phenoxy) is 4. The molecule has 1 aliphatic rings. The van der Waals surface area contributed by atoms with Crippen LogP contribution in [-0.4, -0.2) is 58.8 Å². The minimum absolute atomic E-state index is 0.396. The number of hydrogen-bond acceptors (Lipinski definition) is 5. The normalized spacial score (nSPS) is 14.7. The van der Waals surface area contributed by atoms with Crippen LogP contribution in [0.4, 0.5) is 0 Å². The van der Waals surface area contributed by atoms with Gasteiger partial charge in [0, 0.05) is 0 Å². The molecule has 0 spiro atoms. The smallest absolute Gasteiger partial charge is 0.119 e. The molecule has 0 radical (unpaired) electrons. The highest BCUT2D eigenvalue weighted by molar-refractivity contribution is 5.27. The zero-order valence-corrected chi connectivity index (χ0v) is 19.7. The Morgan fingerprint density at radius 3 is 2.06 bits per heavy atom. The molecule has 0 saturated carbocycles. The van der Waals surface area contributed by atoms with Crippen molar-refractivity contribution in [2.24, 2.45) is 0 Å². The van der Waals surface area contributed by atoms with Crippen molar-refractivity contribution in [3.63, 3.8) is 0 Å². The maximum Gasteiger partial charge on any atom is 0.119 e. The number of hydrogen-bond donors (Lipinski definition) is 1. The van der Waals surface area contributed by atoms with Crippen LogP contribution in [0, 0.1) is 0 Å². The summed E-state index contributed by atoms with van der Waals surface area (Å²) in [6, 6.07) is 8.52. The van der Waals surface area contributed by atoms with E-state index in [1.54, 1.807) is 0 Å². The Morgan fingerprint density at radius 1 is 0.742 bits per heavy atom. The first-order valence-corrected chi connectivity index (χ1v) is 12.6. The van der Waals surface area contributed by atoms with Crippen molar-refractivity contribution in [1.82, 2.24) is 5.32 Å². The number of aryl methyl sites for hydroxylation is 1. The molecule has 0 amide bonds. The monoisotopic (exact) mass is 435 g/mol. The molecule has 0 unspecified atom stereocenters. The van der Waals surface area contributed by atoms with Crippen LogP contribution in [0.25, 0.3) is 0 Å². The fourth-order valence-corrected chi connectivity index (χ4v) is 3.81. The molecule has 0 atom stereocenters. The van der Waals surface area contributed by atoms with Crippen LogP contribution in [0.3, 0.4) is 0 Å². The quantitative estimate of drug-likeness (QED) is 0.304. The molecule has 1 aliphatic heterocycles. The number of rotatable bonds is 19. The number of piperidine rings is 1. The molecule has 1 aromatic carbocycles. The second kappa shape index (κ2) is 18.4. The van der Waals surface area contributed by atoms with Crippen molar-refractivity contribution < 1.29 is 18.9 Å². The van der Waals surface area contributed by atoms with E-state index in [9.17, 15) is 0 Å². The van der Waals surface area contributed by atoms with Gasteiger partial charge < -0.3 is 24.3 Å². The lowest BCUT2D eigenvalue weighted by Crippen LogP contribution is -2.33. The van der Waals surface area contributed by atoms with Gasteiger partial charge in [0.25, 0.3) is 0 Å². The van der Waals surface area contributed by atoms with E-state index in [-0.39, 0.29) is 0 Å². The van der Waals surface area contributed by atoms with Crippen LogP contribution >= 0.6 is 0 Å². The topological polar surface area (TPSA) is 49.0 Å². The maximum absolute atomic E-state index is 5.80. The molecule has 0 aliphatic carbocycles. The molecule has 31 heavy (non-hydrogen) atoms. The van der Waals surface area contributed by atoms with Gasteiger partial charge in [-0.05, 0) is 56.5 Å². The predicted octanol–water partition coefficient (Wildman–Crippen LogP) is 5.16. The second-order valence-electron chi connectivity index (χ2n) is 8.41. The van der Waals surface area contributed by atoms with E-state index in [2.05, 4.69) is 36.5 Å². The summed E-state index contributed by atoms with van der Waals surface area (Å²) in [6.07, 6.45) is 13.3. The van der Waals surface area contributed by atoms with E-state index < -0.39 is 0 Å². The van der Waals surface area contributed by atoms with Gasteiger partial charge in [-0.3, -0.25) is 0 Å². The third-order valence-corrected chi connectivity index (χ3v) is 5.73. The van der Waals surface area contributed by atoms with E-state index in [1.165, 1.54) is 56.9 Å². The zero-order valence-electron chi connectivity index (χ0n) is 19.7. The van der Waals surface area contributed by atoms with Crippen LogP contribution in [0.1, 0.15) is 70.3 Å². The minimum Gasteiger partial charge on any atom is -0.491 e. The van der Waals surface area contributed by atoms with Crippen LogP contribution in [0.2, 0.25) is 0 Å². The van der Waals surface area contributed by atoms with Gasteiger partial charge in [-0.25, -0.2) is 0 Å². The van der Waals surface area contributed by atoms with E-state index >= 15 is 0 Å². The summed E-state index contributed by atoms with van der Waals surface area (Å²) in [6.45, 7) is 8.03. The molecule has 1 heterocycles. The highest BCUT2D eigenvalue weighted by Crippen LogP contribution is 2.15. The van der Waals surface area contributed by atoms with Crippen molar-refractivity contribution >= 4 is 0 Å². The Balaban J connectivity index is 1.36. The van der Waals surface area contributed by atoms with E-state index in [4.69, 9.17) is 18.9 Å². The third kappa shape index (κ3) is 13.8. The standard InChI is InChI=1S/C26H45NO4/c1-2-3-4-5-6-7-8-9-24-10-12-25(13-11-24)30-22-20-28-18-19-29-21-23-31-26-14-16-27-17-15-26/h10-13,26-27H,2-9,14-23H2,1H3. The highest BCUT2D eigenvalue weighted by Gasteiger charge is 2.12.